The maximum atomic E-state index is 14.3. The molecule has 16 nitrogen and oxygen atoms in total. The highest BCUT2D eigenvalue weighted by molar-refractivity contribution is 7.18. The molecule has 3 aliphatic heterocycles. The molecule has 6 aromatic rings. The SMILES string of the molecule is Cc1cc(N(C)CCCCCC(=O)N(C)CCN2CCC(OC(=O)Nc3ccccc3-c3ccccc3)CC2)sc1C(=O)N(C)CCN(C)C(=O)COC1Cc2ccccc2C12CCN(CC[C@@]1(c3ccc(F)cc3)CN(C(=O)c3cc(C(F)(F)F)cc(C(F)(F)F)c3)CO1)CC2. The molecular formula is C73H85F7N8O8S. The van der Waals surface area contributed by atoms with Gasteiger partial charge in [0.2, 0.25) is 11.8 Å². The number of likely N-dealkylation sites (tertiary alicyclic amines) is 2. The smallest absolute Gasteiger partial charge is 0.416 e. The zero-order valence-electron chi connectivity index (χ0n) is 55.5. The van der Waals surface area contributed by atoms with Gasteiger partial charge in [0.25, 0.3) is 11.8 Å². The molecule has 4 heterocycles. The first-order chi connectivity index (χ1) is 46.3. The summed E-state index contributed by atoms with van der Waals surface area (Å²) >= 11 is 1.43. The highest BCUT2D eigenvalue weighted by atomic mass is 32.1. The van der Waals surface area contributed by atoms with Crippen LogP contribution in [-0.2, 0) is 53.6 Å². The van der Waals surface area contributed by atoms with Crippen LogP contribution in [0.25, 0.3) is 11.1 Å². The minimum absolute atomic E-state index is 0.0288. The Kier molecular flexibility index (Phi) is 23.2. The van der Waals surface area contributed by atoms with Crippen LogP contribution in [-0.4, -0.2) is 185 Å². The van der Waals surface area contributed by atoms with E-state index in [4.69, 9.17) is 14.2 Å². The summed E-state index contributed by atoms with van der Waals surface area (Å²) in [4.78, 5) is 80.8. The topological polar surface area (TPSA) is 148 Å². The first-order valence-electron chi connectivity index (χ1n) is 33.1. The van der Waals surface area contributed by atoms with E-state index in [1.165, 1.54) is 35.6 Å². The molecular weight excluding hydrogens is 1280 g/mol. The van der Waals surface area contributed by atoms with Gasteiger partial charge in [-0.1, -0.05) is 91.3 Å². The molecule has 10 rings (SSSR count). The van der Waals surface area contributed by atoms with Gasteiger partial charge in [0.1, 0.15) is 30.9 Å². The molecule has 520 valence electrons. The molecule has 1 aromatic heterocycles. The molecule has 1 aliphatic carbocycles. The normalized spacial score (nSPS) is 18.2. The Morgan fingerprint density at radius 2 is 1.33 bits per heavy atom. The van der Waals surface area contributed by atoms with E-state index in [-0.39, 0.29) is 68.7 Å². The Balaban J connectivity index is 0.630. The predicted octanol–water partition coefficient (Wildman–Crippen LogP) is 13.0. The van der Waals surface area contributed by atoms with Crippen LogP contribution in [0.15, 0.2) is 127 Å². The summed E-state index contributed by atoms with van der Waals surface area (Å²) in [5, 5.41) is 3.90. The minimum Gasteiger partial charge on any atom is -0.446 e. The van der Waals surface area contributed by atoms with Gasteiger partial charge in [-0.2, -0.15) is 26.3 Å². The zero-order valence-corrected chi connectivity index (χ0v) is 56.3. The van der Waals surface area contributed by atoms with E-state index in [2.05, 4.69) is 32.1 Å². The van der Waals surface area contributed by atoms with Gasteiger partial charge >= 0.3 is 18.4 Å². The van der Waals surface area contributed by atoms with Crippen LogP contribution in [0.3, 0.4) is 0 Å². The molecule has 4 aliphatic rings. The Labute approximate surface area is 566 Å². The molecule has 0 radical (unpaired) electrons. The van der Waals surface area contributed by atoms with Crippen LogP contribution in [0.5, 0.6) is 0 Å². The Morgan fingerprint density at radius 3 is 2.03 bits per heavy atom. The number of rotatable bonds is 25. The average Bonchev–Trinajstić information content (AvgIpc) is 1.61. The van der Waals surface area contributed by atoms with Crippen LogP contribution in [0.1, 0.15) is 111 Å². The highest BCUT2D eigenvalue weighted by Gasteiger charge is 2.50. The number of hydrogen-bond donors (Lipinski definition) is 1. The van der Waals surface area contributed by atoms with Crippen LogP contribution < -0.4 is 10.2 Å². The quantitative estimate of drug-likeness (QED) is 0.0431. The van der Waals surface area contributed by atoms with Crippen molar-refractivity contribution in [3.05, 3.63) is 177 Å². The number of nitrogens with one attached hydrogen (secondary N) is 1. The van der Waals surface area contributed by atoms with Crippen molar-refractivity contribution in [1.82, 2.24) is 29.4 Å². The van der Waals surface area contributed by atoms with Gasteiger partial charge in [-0.25, -0.2) is 9.18 Å². The van der Waals surface area contributed by atoms with Crippen molar-refractivity contribution in [3.63, 3.8) is 0 Å². The average molecular weight is 1370 g/mol. The first kappa shape index (κ1) is 71.9. The maximum Gasteiger partial charge on any atom is 0.416 e. The fraction of sp³-hybridized carbons (Fsp3) is 0.466. The second kappa shape index (κ2) is 31.3. The molecule has 5 aromatic carbocycles. The number of nitrogens with zero attached hydrogens (tertiary/aromatic N) is 7. The summed E-state index contributed by atoms with van der Waals surface area (Å²) in [5.41, 5.74) is 0.563. The van der Waals surface area contributed by atoms with Gasteiger partial charge < -0.3 is 48.5 Å². The fourth-order valence-corrected chi connectivity index (χ4v) is 14.8. The molecule has 2 atom stereocenters. The van der Waals surface area contributed by atoms with Crippen LogP contribution in [0.4, 0.5) is 46.2 Å². The number of aryl methyl sites for hydroxylation is 1. The lowest BCUT2D eigenvalue weighted by Gasteiger charge is -2.44. The van der Waals surface area contributed by atoms with Crippen molar-refractivity contribution in [2.24, 2.45) is 0 Å². The molecule has 1 spiro atoms. The first-order valence-corrected chi connectivity index (χ1v) is 33.9. The summed E-state index contributed by atoms with van der Waals surface area (Å²) in [5.74, 6) is -1.87. The van der Waals surface area contributed by atoms with Gasteiger partial charge in [-0.05, 0) is 142 Å². The standard InChI is InChI=1S/C73H85F7N8O8S/c1-50-42-65(84(4)32-15-7-10-22-63(89)82(2)40-41-86-33-27-58(28-34-86)96-69(93)81-61-21-14-12-19-59(61)51-16-8-6-9-17-51)97-66(50)68(92)85(5)39-38-83(3)64(90)47-94-62-45-52-18-11-13-20-60(52)70(62)29-35-87(36-30-70)37-31-71(54-23-25-57(74)26-24-54)48-88(49-95-71)67(91)53-43-55(72(75,76)77)46-56(44-53)73(78,79)80/h6,8-9,11-14,16-21,23-26,42-44,46,58,62H,7,10,15,22,27-41,45,47-49H2,1-5H3,(H,81,93)/t62?,71-/m0/s1. The number of hydrogen-bond acceptors (Lipinski definition) is 12. The molecule has 1 N–H and O–H groups in total. The molecule has 3 fully saturated rings. The monoisotopic (exact) mass is 1370 g/mol. The number of anilines is 2. The zero-order chi connectivity index (χ0) is 69.2. The Bertz CT molecular complexity index is 3680. The lowest BCUT2D eigenvalue weighted by Crippen LogP contribution is -2.50. The number of fused-ring (bicyclic) bond motifs is 2. The van der Waals surface area contributed by atoms with Gasteiger partial charge in [0.05, 0.1) is 39.3 Å². The van der Waals surface area contributed by atoms with E-state index in [9.17, 15) is 54.7 Å². The molecule has 97 heavy (non-hydrogen) atoms. The summed E-state index contributed by atoms with van der Waals surface area (Å²) in [6, 6.07) is 33.9. The highest BCUT2D eigenvalue weighted by Crippen LogP contribution is 2.49. The maximum absolute atomic E-state index is 14.3. The van der Waals surface area contributed by atoms with E-state index in [1.54, 1.807) is 28.8 Å². The molecule has 0 bridgehead atoms. The molecule has 3 saturated heterocycles. The summed E-state index contributed by atoms with van der Waals surface area (Å²) < 4.78 is 116. The van der Waals surface area contributed by atoms with Gasteiger partial charge in [-0.15, -0.1) is 11.3 Å². The third kappa shape index (κ3) is 17.7. The second-order valence-corrected chi connectivity index (χ2v) is 27.2. The summed E-state index contributed by atoms with van der Waals surface area (Å²) in [7, 11) is 7.27. The van der Waals surface area contributed by atoms with E-state index in [0.29, 0.717) is 80.1 Å². The van der Waals surface area contributed by atoms with Gasteiger partial charge in [-0.3, -0.25) is 24.5 Å². The lowest BCUT2D eigenvalue weighted by molar-refractivity contribution is -0.143. The minimum atomic E-state index is -5.15. The van der Waals surface area contributed by atoms with Crippen molar-refractivity contribution >= 4 is 51.7 Å². The number of benzene rings is 5. The summed E-state index contributed by atoms with van der Waals surface area (Å²) in [6.07, 6.45) is -4.68. The number of amides is 5. The predicted molar refractivity (Wildman–Crippen MR) is 358 cm³/mol. The number of halogens is 7. The number of likely N-dealkylation sites (N-methyl/N-ethyl adjacent to an activating group) is 3. The van der Waals surface area contributed by atoms with Crippen molar-refractivity contribution in [2.45, 2.75) is 107 Å². The van der Waals surface area contributed by atoms with Crippen molar-refractivity contribution in [3.8, 4) is 11.1 Å². The number of alkyl halides is 6. The lowest BCUT2D eigenvalue weighted by atomic mass is 9.72. The number of carbonyl (C=O) groups excluding carboxylic acids is 5. The molecule has 24 heteroatoms. The van der Waals surface area contributed by atoms with Crippen molar-refractivity contribution < 1.29 is 68.9 Å². The van der Waals surface area contributed by atoms with Crippen LogP contribution in [0.2, 0.25) is 0 Å². The van der Waals surface area contributed by atoms with E-state index in [1.807, 2.05) is 93.8 Å². The van der Waals surface area contributed by atoms with Crippen LogP contribution in [0, 0.1) is 12.7 Å². The van der Waals surface area contributed by atoms with E-state index in [0.717, 1.165) is 96.0 Å². The number of carbonyl (C=O) groups is 5. The third-order valence-corrected chi connectivity index (χ3v) is 21.0. The summed E-state index contributed by atoms with van der Waals surface area (Å²) in [6.45, 7) is 6.94. The van der Waals surface area contributed by atoms with Crippen LogP contribution >= 0.6 is 11.3 Å². The number of thiophene rings is 1. The van der Waals surface area contributed by atoms with E-state index >= 15 is 0 Å². The Morgan fingerprint density at radius 1 is 0.691 bits per heavy atom. The second-order valence-electron chi connectivity index (χ2n) is 26.2. The van der Waals surface area contributed by atoms with Gasteiger partial charge in [0, 0.05) is 104 Å². The number of piperidine rings is 2. The molecule has 0 saturated carbocycles. The van der Waals surface area contributed by atoms with E-state index < -0.39 is 64.6 Å². The largest absolute Gasteiger partial charge is 0.446 e. The Hall–Kier alpha value is -7.90. The number of unbranched alkanes of at least 4 members (excludes halogenated alkanes) is 2. The number of ether oxygens (including phenoxy) is 3. The molecule has 5 amide bonds. The number of para-hydroxylation sites is 1. The van der Waals surface area contributed by atoms with Crippen molar-refractivity contribution in [1.29, 1.82) is 0 Å². The van der Waals surface area contributed by atoms with Gasteiger partial charge in [0.15, 0.2) is 0 Å². The third-order valence-electron chi connectivity index (χ3n) is 19.6. The fourth-order valence-electron chi connectivity index (χ4n) is 13.7. The molecule has 1 unspecified atom stereocenters. The van der Waals surface area contributed by atoms with Crippen molar-refractivity contribution in [2.75, 3.05) is 124 Å².